The Morgan fingerprint density at radius 2 is 1.38 bits per heavy atom. The van der Waals surface area contributed by atoms with Crippen LogP contribution >= 0.6 is 0 Å². The fraction of sp³-hybridized carbons (Fsp3) is 0.231. The summed E-state index contributed by atoms with van der Waals surface area (Å²) >= 11 is 0. The van der Waals surface area contributed by atoms with E-state index in [0.29, 0.717) is 0 Å². The van der Waals surface area contributed by atoms with E-state index in [4.69, 9.17) is 0 Å². The van der Waals surface area contributed by atoms with E-state index in [1.165, 1.54) is 16.7 Å². The molecule has 0 unspecified atom stereocenters. The third kappa shape index (κ3) is 1.89. The molecule has 1 aromatic carbocycles. The van der Waals surface area contributed by atoms with Crippen molar-refractivity contribution in [2.45, 2.75) is 20.8 Å². The quantitative estimate of drug-likeness (QED) is 0.631. The van der Waals surface area contributed by atoms with Crippen molar-refractivity contribution in [1.82, 2.24) is 0 Å². The van der Waals surface area contributed by atoms with Crippen molar-refractivity contribution in [3.05, 3.63) is 48.0 Å². The lowest BCUT2D eigenvalue weighted by atomic mass is 9.95. The predicted molar refractivity (Wildman–Crippen MR) is 60.6 cm³/mol. The summed E-state index contributed by atoms with van der Waals surface area (Å²) < 4.78 is 0. The van der Waals surface area contributed by atoms with Gasteiger partial charge in [-0.1, -0.05) is 42.5 Å². The number of rotatable bonds is 2. The highest BCUT2D eigenvalue weighted by molar-refractivity contribution is 5.73. The lowest BCUT2D eigenvalue weighted by Gasteiger charge is -2.10. The Balaban J connectivity index is 3.35. The van der Waals surface area contributed by atoms with Crippen LogP contribution in [0.5, 0.6) is 0 Å². The molecule has 0 atom stereocenters. The Hall–Kier alpha value is -1.30. The van der Waals surface area contributed by atoms with Crippen LogP contribution in [0.2, 0.25) is 0 Å². The van der Waals surface area contributed by atoms with Gasteiger partial charge in [0.2, 0.25) is 0 Å². The maximum absolute atomic E-state index is 3.96. The fourth-order valence-electron chi connectivity index (χ4n) is 1.56. The Morgan fingerprint density at radius 1 is 1.00 bits per heavy atom. The third-order valence-electron chi connectivity index (χ3n) is 2.25. The summed E-state index contributed by atoms with van der Waals surface area (Å²) in [5, 5.41) is 0. The summed E-state index contributed by atoms with van der Waals surface area (Å²) in [4.78, 5) is 0. The van der Waals surface area contributed by atoms with Gasteiger partial charge in [0.1, 0.15) is 0 Å². The largest absolute Gasteiger partial charge is 0.0955 e. The van der Waals surface area contributed by atoms with Gasteiger partial charge < -0.3 is 0 Å². The molecule has 0 fully saturated rings. The van der Waals surface area contributed by atoms with E-state index < -0.39 is 0 Å². The first kappa shape index (κ1) is 9.79. The Bertz CT molecular complexity index is 324. The van der Waals surface area contributed by atoms with Crippen molar-refractivity contribution in [1.29, 1.82) is 0 Å². The lowest BCUT2D eigenvalue weighted by Crippen LogP contribution is -1.90. The molecule has 13 heavy (non-hydrogen) atoms. The summed E-state index contributed by atoms with van der Waals surface area (Å²) in [6.45, 7) is 14.1. The molecule has 0 saturated heterocycles. The zero-order valence-corrected chi connectivity index (χ0v) is 8.65. The molecule has 68 valence electrons. The molecule has 0 nitrogen and oxygen atoms in total. The highest BCUT2D eigenvalue weighted by atomic mass is 14.1. The topological polar surface area (TPSA) is 0 Å². The highest BCUT2D eigenvalue weighted by Crippen LogP contribution is 2.24. The van der Waals surface area contributed by atoms with E-state index in [-0.39, 0.29) is 0 Å². The number of hydrogen-bond donors (Lipinski definition) is 0. The molecule has 0 heteroatoms. The van der Waals surface area contributed by atoms with Gasteiger partial charge in [0.15, 0.2) is 0 Å². The highest BCUT2D eigenvalue weighted by Gasteiger charge is 2.03. The molecular formula is C13H16. The maximum atomic E-state index is 3.96. The third-order valence-corrected chi connectivity index (χ3v) is 2.25. The minimum atomic E-state index is 1.11. The molecule has 0 aliphatic carbocycles. The van der Waals surface area contributed by atoms with Crippen LogP contribution in [-0.2, 0) is 0 Å². The van der Waals surface area contributed by atoms with Crippen molar-refractivity contribution < 1.29 is 0 Å². The Labute approximate surface area is 80.6 Å². The van der Waals surface area contributed by atoms with E-state index in [1.54, 1.807) is 0 Å². The molecule has 0 heterocycles. The van der Waals surface area contributed by atoms with Crippen molar-refractivity contribution in [3.8, 4) is 0 Å². The van der Waals surface area contributed by atoms with Gasteiger partial charge in [-0.25, -0.2) is 0 Å². The first-order chi connectivity index (χ1) is 6.04. The SMILES string of the molecule is C=C(C)c1cccc(C(=C)C)c1C. The van der Waals surface area contributed by atoms with Crippen LogP contribution in [-0.4, -0.2) is 0 Å². The predicted octanol–water partition coefficient (Wildman–Crippen LogP) is 4.06. The van der Waals surface area contributed by atoms with Gasteiger partial charge in [0.25, 0.3) is 0 Å². The number of benzene rings is 1. The summed E-state index contributed by atoms with van der Waals surface area (Å²) in [6.07, 6.45) is 0. The van der Waals surface area contributed by atoms with Gasteiger partial charge in [-0.3, -0.25) is 0 Å². The second-order valence-corrected chi connectivity index (χ2v) is 3.54. The summed E-state index contributed by atoms with van der Waals surface area (Å²) in [5.41, 5.74) is 5.98. The molecule has 0 N–H and O–H groups in total. The average molecular weight is 172 g/mol. The second kappa shape index (κ2) is 3.61. The summed E-state index contributed by atoms with van der Waals surface area (Å²) in [6, 6.07) is 6.26. The Morgan fingerprint density at radius 3 is 1.69 bits per heavy atom. The van der Waals surface area contributed by atoms with Gasteiger partial charge in [-0.15, -0.1) is 0 Å². The standard InChI is InChI=1S/C13H16/c1-9(2)12-7-6-8-13(10(3)4)11(12)5/h6-8H,1,3H2,2,4-5H3. The Kier molecular flexibility index (Phi) is 2.72. The van der Waals surface area contributed by atoms with Crippen LogP contribution in [0.4, 0.5) is 0 Å². The zero-order valence-electron chi connectivity index (χ0n) is 8.65. The van der Waals surface area contributed by atoms with Crippen molar-refractivity contribution in [3.63, 3.8) is 0 Å². The van der Waals surface area contributed by atoms with Crippen LogP contribution in [0.25, 0.3) is 11.1 Å². The minimum absolute atomic E-state index is 1.11. The first-order valence-corrected chi connectivity index (χ1v) is 4.45. The number of allylic oxidation sites excluding steroid dienone is 2. The van der Waals surface area contributed by atoms with E-state index in [1.807, 2.05) is 13.8 Å². The minimum Gasteiger partial charge on any atom is -0.0955 e. The molecule has 0 amide bonds. The molecular weight excluding hydrogens is 156 g/mol. The molecule has 0 aromatic heterocycles. The van der Waals surface area contributed by atoms with Crippen molar-refractivity contribution in [2.24, 2.45) is 0 Å². The van der Waals surface area contributed by atoms with E-state index >= 15 is 0 Å². The van der Waals surface area contributed by atoms with Crippen LogP contribution in [0.3, 0.4) is 0 Å². The molecule has 1 aromatic rings. The van der Waals surface area contributed by atoms with E-state index in [9.17, 15) is 0 Å². The van der Waals surface area contributed by atoms with E-state index in [2.05, 4.69) is 38.3 Å². The molecule has 0 aliphatic heterocycles. The lowest BCUT2D eigenvalue weighted by molar-refractivity contribution is 1.37. The second-order valence-electron chi connectivity index (χ2n) is 3.54. The van der Waals surface area contributed by atoms with Crippen molar-refractivity contribution in [2.75, 3.05) is 0 Å². The molecule has 0 aliphatic rings. The van der Waals surface area contributed by atoms with Gasteiger partial charge in [-0.2, -0.15) is 0 Å². The fourth-order valence-corrected chi connectivity index (χ4v) is 1.56. The molecule has 0 radical (unpaired) electrons. The normalized spacial score (nSPS) is 9.77. The smallest absolute Gasteiger partial charge is 0.0198 e. The van der Waals surface area contributed by atoms with Gasteiger partial charge in [0, 0.05) is 0 Å². The summed E-state index contributed by atoms with van der Waals surface area (Å²) in [5.74, 6) is 0. The maximum Gasteiger partial charge on any atom is -0.0198 e. The van der Waals surface area contributed by atoms with Crippen LogP contribution in [0.1, 0.15) is 30.5 Å². The summed E-state index contributed by atoms with van der Waals surface area (Å²) in [7, 11) is 0. The monoisotopic (exact) mass is 172 g/mol. The zero-order chi connectivity index (χ0) is 10.0. The van der Waals surface area contributed by atoms with Gasteiger partial charge in [0.05, 0.1) is 0 Å². The molecule has 0 spiro atoms. The number of hydrogen-bond acceptors (Lipinski definition) is 0. The van der Waals surface area contributed by atoms with E-state index in [0.717, 1.165) is 11.1 Å². The van der Waals surface area contributed by atoms with Crippen LogP contribution in [0, 0.1) is 6.92 Å². The molecule has 0 bridgehead atoms. The van der Waals surface area contributed by atoms with Crippen LogP contribution in [0.15, 0.2) is 31.4 Å². The van der Waals surface area contributed by atoms with Crippen molar-refractivity contribution >= 4 is 11.1 Å². The van der Waals surface area contributed by atoms with Gasteiger partial charge >= 0.3 is 0 Å². The van der Waals surface area contributed by atoms with Gasteiger partial charge in [-0.05, 0) is 37.5 Å². The van der Waals surface area contributed by atoms with Crippen LogP contribution < -0.4 is 0 Å². The first-order valence-electron chi connectivity index (χ1n) is 4.45. The molecule has 1 rings (SSSR count). The average Bonchev–Trinajstić information content (AvgIpc) is 2.03. The molecule has 0 saturated carbocycles.